The van der Waals surface area contributed by atoms with Gasteiger partial charge in [-0.05, 0) is 6.92 Å². The predicted molar refractivity (Wildman–Crippen MR) is 82.6 cm³/mol. The number of hydrogen-bond acceptors (Lipinski definition) is 8. The van der Waals surface area contributed by atoms with Crippen molar-refractivity contribution in [1.29, 1.82) is 0 Å². The van der Waals surface area contributed by atoms with Gasteiger partial charge < -0.3 is 14.8 Å². The SMILES string of the molecule is CCOC(=O)C(NC(=O)CC)C(C)SC(=O)CC(=O)C(=O)OC. The van der Waals surface area contributed by atoms with Crippen molar-refractivity contribution in [2.24, 2.45) is 0 Å². The fraction of sp³-hybridized carbons (Fsp3) is 0.643. The minimum atomic E-state index is -1.10. The molecule has 0 aliphatic heterocycles. The standard InChI is InChI=1S/C14H21NO7S/c1-5-10(17)15-12(14(20)22-6-2)8(3)23-11(18)7-9(16)13(19)21-4/h8,12H,5-7H2,1-4H3,(H,15,17). The van der Waals surface area contributed by atoms with Crippen LogP contribution in [0.3, 0.4) is 0 Å². The third kappa shape index (κ3) is 7.78. The highest BCUT2D eigenvalue weighted by molar-refractivity contribution is 8.14. The molecule has 1 N–H and O–H groups in total. The summed E-state index contributed by atoms with van der Waals surface area (Å²) in [4.78, 5) is 57.5. The number of methoxy groups -OCH3 is 1. The van der Waals surface area contributed by atoms with E-state index in [0.29, 0.717) is 11.8 Å². The van der Waals surface area contributed by atoms with Gasteiger partial charge in [-0.1, -0.05) is 25.6 Å². The first-order valence-electron chi connectivity index (χ1n) is 7.03. The van der Waals surface area contributed by atoms with Gasteiger partial charge in [-0.2, -0.15) is 0 Å². The number of rotatable bonds is 9. The van der Waals surface area contributed by atoms with Crippen molar-refractivity contribution in [3.8, 4) is 0 Å². The van der Waals surface area contributed by atoms with E-state index in [4.69, 9.17) is 4.74 Å². The summed E-state index contributed by atoms with van der Waals surface area (Å²) in [5.41, 5.74) is 0. The summed E-state index contributed by atoms with van der Waals surface area (Å²) in [5, 5.41) is 1.21. The van der Waals surface area contributed by atoms with Gasteiger partial charge in [0, 0.05) is 11.7 Å². The summed E-state index contributed by atoms with van der Waals surface area (Å²) in [6.07, 6.45) is -0.471. The van der Waals surface area contributed by atoms with Gasteiger partial charge >= 0.3 is 11.9 Å². The summed E-state index contributed by atoms with van der Waals surface area (Å²) >= 11 is 0.687. The van der Waals surface area contributed by atoms with Crippen LogP contribution in [0.1, 0.15) is 33.6 Å². The maximum Gasteiger partial charge on any atom is 0.374 e. The van der Waals surface area contributed by atoms with Crippen molar-refractivity contribution in [3.63, 3.8) is 0 Å². The van der Waals surface area contributed by atoms with Crippen LogP contribution in [0.25, 0.3) is 0 Å². The number of ether oxygens (including phenoxy) is 2. The Balaban J connectivity index is 4.81. The molecule has 9 heteroatoms. The minimum absolute atomic E-state index is 0.128. The van der Waals surface area contributed by atoms with Gasteiger partial charge in [0.2, 0.25) is 11.7 Å². The van der Waals surface area contributed by atoms with Crippen molar-refractivity contribution in [1.82, 2.24) is 5.32 Å². The lowest BCUT2D eigenvalue weighted by atomic mass is 10.2. The van der Waals surface area contributed by atoms with Crippen LogP contribution in [0.2, 0.25) is 0 Å². The van der Waals surface area contributed by atoms with Crippen molar-refractivity contribution < 1.29 is 33.4 Å². The van der Waals surface area contributed by atoms with Gasteiger partial charge in [0.05, 0.1) is 20.1 Å². The quantitative estimate of drug-likeness (QED) is 0.358. The van der Waals surface area contributed by atoms with Crippen molar-refractivity contribution >= 4 is 40.5 Å². The summed E-state index contributed by atoms with van der Waals surface area (Å²) in [6, 6.07) is -1.02. The Hall–Kier alpha value is -1.90. The molecule has 0 spiro atoms. The molecule has 0 aromatic carbocycles. The molecule has 0 aliphatic rings. The lowest BCUT2D eigenvalue weighted by Gasteiger charge is -2.22. The first-order chi connectivity index (χ1) is 10.8. The molecule has 23 heavy (non-hydrogen) atoms. The normalized spacial score (nSPS) is 12.7. The highest BCUT2D eigenvalue weighted by Crippen LogP contribution is 2.19. The average Bonchev–Trinajstić information content (AvgIpc) is 2.50. The second-order valence-corrected chi connectivity index (χ2v) is 5.87. The van der Waals surface area contributed by atoms with E-state index in [9.17, 15) is 24.0 Å². The van der Waals surface area contributed by atoms with E-state index in [1.165, 1.54) is 0 Å². The van der Waals surface area contributed by atoms with E-state index in [1.54, 1.807) is 20.8 Å². The molecule has 0 aromatic rings. The molecule has 0 aromatic heterocycles. The number of thioether (sulfide) groups is 1. The molecule has 130 valence electrons. The van der Waals surface area contributed by atoms with E-state index < -0.39 is 40.5 Å². The van der Waals surface area contributed by atoms with Crippen molar-refractivity contribution in [3.05, 3.63) is 0 Å². The van der Waals surface area contributed by atoms with Gasteiger partial charge in [0.25, 0.3) is 0 Å². The van der Waals surface area contributed by atoms with Gasteiger partial charge in [0.1, 0.15) is 6.04 Å². The lowest BCUT2D eigenvalue weighted by molar-refractivity contribution is -0.152. The smallest absolute Gasteiger partial charge is 0.374 e. The first kappa shape index (κ1) is 21.1. The number of hydrogen-bond donors (Lipinski definition) is 1. The molecule has 1 amide bonds. The molecule has 0 saturated carbocycles. The van der Waals surface area contributed by atoms with Crippen LogP contribution >= 0.6 is 11.8 Å². The average molecular weight is 347 g/mol. The molecule has 2 atom stereocenters. The van der Waals surface area contributed by atoms with Crippen LogP contribution in [-0.2, 0) is 33.4 Å². The molecule has 8 nitrogen and oxygen atoms in total. The number of carbonyl (C=O) groups excluding carboxylic acids is 5. The van der Waals surface area contributed by atoms with Crippen LogP contribution in [0.15, 0.2) is 0 Å². The largest absolute Gasteiger partial charge is 0.464 e. The Morgan fingerprint density at radius 2 is 1.74 bits per heavy atom. The molecule has 0 saturated heterocycles. The summed E-state index contributed by atoms with van der Waals surface area (Å²) in [6.45, 7) is 4.91. The Labute approximate surface area is 138 Å². The van der Waals surface area contributed by atoms with Gasteiger partial charge in [-0.3, -0.25) is 14.4 Å². The van der Waals surface area contributed by atoms with Gasteiger partial charge in [-0.15, -0.1) is 0 Å². The van der Waals surface area contributed by atoms with Crippen molar-refractivity contribution in [2.75, 3.05) is 13.7 Å². The lowest BCUT2D eigenvalue weighted by Crippen LogP contribution is -2.47. The van der Waals surface area contributed by atoms with E-state index in [0.717, 1.165) is 7.11 Å². The Bertz CT molecular complexity index is 478. The highest BCUT2D eigenvalue weighted by atomic mass is 32.2. The van der Waals surface area contributed by atoms with E-state index in [1.807, 2.05) is 0 Å². The zero-order chi connectivity index (χ0) is 18.0. The predicted octanol–water partition coefficient (Wildman–Crippen LogP) is 0.225. The molecular weight excluding hydrogens is 326 g/mol. The maximum absolute atomic E-state index is 11.9. The highest BCUT2D eigenvalue weighted by Gasteiger charge is 2.31. The number of Topliss-reactive ketones (excluding diaryl/α,β-unsaturated/α-hetero) is 1. The second-order valence-electron chi connectivity index (χ2n) is 4.44. The number of esters is 2. The second kappa shape index (κ2) is 10.8. The fourth-order valence-corrected chi connectivity index (χ4v) is 2.45. The minimum Gasteiger partial charge on any atom is -0.464 e. The van der Waals surface area contributed by atoms with Crippen LogP contribution < -0.4 is 5.32 Å². The van der Waals surface area contributed by atoms with Crippen molar-refractivity contribution in [2.45, 2.75) is 44.9 Å². The summed E-state index contributed by atoms with van der Waals surface area (Å²) in [7, 11) is 1.04. The Morgan fingerprint density at radius 1 is 1.13 bits per heavy atom. The molecule has 0 radical (unpaired) electrons. The summed E-state index contributed by atoms with van der Waals surface area (Å²) in [5.74, 6) is -3.11. The molecule has 0 bridgehead atoms. The van der Waals surface area contributed by atoms with Crippen LogP contribution in [0, 0.1) is 0 Å². The number of carbonyl (C=O) groups is 5. The zero-order valence-corrected chi connectivity index (χ0v) is 14.4. The van der Waals surface area contributed by atoms with E-state index >= 15 is 0 Å². The van der Waals surface area contributed by atoms with Gasteiger partial charge in [0.15, 0.2) is 5.12 Å². The number of amides is 1. The number of nitrogens with one attached hydrogen (secondary N) is 1. The Morgan fingerprint density at radius 3 is 2.22 bits per heavy atom. The monoisotopic (exact) mass is 347 g/mol. The summed E-state index contributed by atoms with van der Waals surface area (Å²) < 4.78 is 9.09. The van der Waals surface area contributed by atoms with Crippen LogP contribution in [0.4, 0.5) is 0 Å². The fourth-order valence-electron chi connectivity index (χ4n) is 1.51. The maximum atomic E-state index is 11.9. The third-order valence-corrected chi connectivity index (χ3v) is 3.73. The van der Waals surface area contributed by atoms with Crippen LogP contribution in [0.5, 0.6) is 0 Å². The molecule has 0 rings (SSSR count). The molecular formula is C14H21NO7S. The number of ketones is 1. The van der Waals surface area contributed by atoms with E-state index in [2.05, 4.69) is 10.1 Å². The van der Waals surface area contributed by atoms with Gasteiger partial charge in [-0.25, -0.2) is 9.59 Å². The van der Waals surface area contributed by atoms with E-state index in [-0.39, 0.29) is 18.9 Å². The first-order valence-corrected chi connectivity index (χ1v) is 7.91. The molecule has 0 fully saturated rings. The Kier molecular flexibility index (Phi) is 9.87. The molecule has 2 unspecified atom stereocenters. The molecule has 0 heterocycles. The third-order valence-electron chi connectivity index (χ3n) is 2.68. The zero-order valence-electron chi connectivity index (χ0n) is 13.5. The molecule has 0 aliphatic carbocycles. The topological polar surface area (TPSA) is 116 Å². The van der Waals surface area contributed by atoms with Crippen LogP contribution in [-0.4, -0.2) is 53.8 Å².